The molecule has 2 heterocycles. The molecule has 1 aromatic heterocycles. The smallest absolute Gasteiger partial charge is 0.352 e. The van der Waals surface area contributed by atoms with Gasteiger partial charge in [0.05, 0.1) is 17.7 Å². The number of aromatic nitrogens is 1. The van der Waals surface area contributed by atoms with Crippen LogP contribution in [0.15, 0.2) is 45.5 Å². The number of rotatable bonds is 8. The summed E-state index contributed by atoms with van der Waals surface area (Å²) in [6, 6.07) is 9.37. The van der Waals surface area contributed by atoms with Gasteiger partial charge in [-0.25, -0.2) is 4.98 Å². The maximum Gasteiger partial charge on any atom is 0.352 e. The molecular weight excluding hydrogens is 572 g/mol. The lowest BCUT2D eigenvalue weighted by Gasteiger charge is -2.41. The first kappa shape index (κ1) is 26.6. The summed E-state index contributed by atoms with van der Waals surface area (Å²) >= 11 is 6.86. The van der Waals surface area contributed by atoms with Gasteiger partial charge in [-0.1, -0.05) is 22.0 Å². The summed E-state index contributed by atoms with van der Waals surface area (Å²) in [6.45, 7) is 6.74. The van der Waals surface area contributed by atoms with Gasteiger partial charge >= 0.3 is 7.60 Å². The van der Waals surface area contributed by atoms with E-state index in [1.165, 1.54) is 0 Å². The molecule has 11 heteroatoms. The van der Waals surface area contributed by atoms with Crippen LogP contribution < -0.4 is 4.90 Å². The van der Waals surface area contributed by atoms with Gasteiger partial charge in [0.1, 0.15) is 17.4 Å². The standard InChI is InChI=1S/C20H26Br2N3O4P.ClH/c1-3-28-30(27,29-4-2)20(16-13-15(21)14-17(22)19(16)26)25-11-9-24(10-12-25)18-7-5-6-8-23-18;/h5-8,13-14,20,26H,3-4,9-12H2,1-2H3;1H. The third-order valence-corrected chi connectivity index (χ3v) is 8.39. The fourth-order valence-electron chi connectivity index (χ4n) is 3.62. The van der Waals surface area contributed by atoms with Gasteiger partial charge in [0.2, 0.25) is 0 Å². The van der Waals surface area contributed by atoms with Crippen LogP contribution in [0.2, 0.25) is 0 Å². The van der Waals surface area contributed by atoms with Crippen molar-refractivity contribution in [1.82, 2.24) is 9.88 Å². The number of halogens is 3. The van der Waals surface area contributed by atoms with Crippen LogP contribution in [0.1, 0.15) is 25.2 Å². The molecule has 1 saturated heterocycles. The number of phenolic OH excluding ortho intramolecular Hbond substituents is 1. The quantitative estimate of drug-likeness (QED) is 0.384. The summed E-state index contributed by atoms with van der Waals surface area (Å²) in [5.41, 5.74) is 0.507. The van der Waals surface area contributed by atoms with E-state index < -0.39 is 13.4 Å². The number of nitrogens with zero attached hydrogens (tertiary/aromatic N) is 3. The number of hydrogen-bond donors (Lipinski definition) is 1. The van der Waals surface area contributed by atoms with Gasteiger partial charge in [-0.2, -0.15) is 0 Å². The highest BCUT2D eigenvalue weighted by molar-refractivity contribution is 9.11. The third-order valence-electron chi connectivity index (χ3n) is 4.89. The zero-order chi connectivity index (χ0) is 21.7. The Balaban J connectivity index is 0.00000341. The molecule has 1 fully saturated rings. The van der Waals surface area contributed by atoms with Crippen molar-refractivity contribution < 1.29 is 18.7 Å². The minimum absolute atomic E-state index is 0. The first-order valence-corrected chi connectivity index (χ1v) is 13.1. The van der Waals surface area contributed by atoms with Crippen LogP contribution >= 0.6 is 51.9 Å². The van der Waals surface area contributed by atoms with Crippen LogP contribution in [-0.2, 0) is 13.6 Å². The fourth-order valence-corrected chi connectivity index (χ4v) is 7.13. The molecule has 172 valence electrons. The highest BCUT2D eigenvalue weighted by atomic mass is 79.9. The lowest BCUT2D eigenvalue weighted by molar-refractivity contribution is 0.156. The molecular formula is C20H27Br2ClN3O4P. The molecule has 3 rings (SSSR count). The molecule has 2 aromatic rings. The van der Waals surface area contributed by atoms with E-state index in [1.807, 2.05) is 18.2 Å². The summed E-state index contributed by atoms with van der Waals surface area (Å²) in [5.74, 6) is 0.228. The highest BCUT2D eigenvalue weighted by Gasteiger charge is 2.44. The number of piperazine rings is 1. The molecule has 0 radical (unpaired) electrons. The molecule has 0 amide bonds. The molecule has 0 spiro atoms. The van der Waals surface area contributed by atoms with Gasteiger partial charge in [-0.3, -0.25) is 9.46 Å². The Morgan fingerprint density at radius 2 is 1.77 bits per heavy atom. The lowest BCUT2D eigenvalue weighted by Crippen LogP contribution is -2.48. The molecule has 1 aliphatic rings. The summed E-state index contributed by atoms with van der Waals surface area (Å²) in [4.78, 5) is 8.69. The van der Waals surface area contributed by atoms with Crippen LogP contribution in [0.4, 0.5) is 5.82 Å². The molecule has 0 saturated carbocycles. The van der Waals surface area contributed by atoms with Crippen LogP contribution in [0.3, 0.4) is 0 Å². The predicted molar refractivity (Wildman–Crippen MR) is 132 cm³/mol. The van der Waals surface area contributed by atoms with E-state index in [-0.39, 0.29) is 31.4 Å². The number of pyridine rings is 1. The molecule has 1 aliphatic heterocycles. The van der Waals surface area contributed by atoms with Crippen molar-refractivity contribution in [1.29, 1.82) is 0 Å². The first-order chi connectivity index (χ1) is 14.4. The summed E-state index contributed by atoms with van der Waals surface area (Å²) in [6.07, 6.45) is 1.78. The van der Waals surface area contributed by atoms with Crippen LogP contribution in [0, 0.1) is 0 Å². The largest absolute Gasteiger partial charge is 0.506 e. The van der Waals surface area contributed by atoms with E-state index in [0.29, 0.717) is 36.2 Å². The van der Waals surface area contributed by atoms with Crippen molar-refractivity contribution in [3.63, 3.8) is 0 Å². The molecule has 31 heavy (non-hydrogen) atoms. The molecule has 1 aromatic carbocycles. The summed E-state index contributed by atoms with van der Waals surface area (Å²) < 4.78 is 26.6. The first-order valence-electron chi connectivity index (χ1n) is 9.86. The summed E-state index contributed by atoms with van der Waals surface area (Å²) in [5, 5.41) is 10.8. The van der Waals surface area contributed by atoms with Gasteiger partial charge in [-0.05, 0) is 54.0 Å². The van der Waals surface area contributed by atoms with Gasteiger partial charge in [0, 0.05) is 42.4 Å². The second kappa shape index (κ2) is 12.0. The third kappa shape index (κ3) is 6.22. The van der Waals surface area contributed by atoms with E-state index in [9.17, 15) is 9.67 Å². The number of hydrogen-bond acceptors (Lipinski definition) is 7. The average molecular weight is 600 g/mol. The van der Waals surface area contributed by atoms with E-state index in [2.05, 4.69) is 46.6 Å². The lowest BCUT2D eigenvalue weighted by atomic mass is 10.1. The topological polar surface area (TPSA) is 75.1 Å². The van der Waals surface area contributed by atoms with Crippen molar-refractivity contribution in [3.05, 3.63) is 51.0 Å². The molecule has 7 nitrogen and oxygen atoms in total. The fraction of sp³-hybridized carbons (Fsp3) is 0.450. The van der Waals surface area contributed by atoms with Crippen LogP contribution in [0.5, 0.6) is 5.75 Å². The van der Waals surface area contributed by atoms with Crippen molar-refractivity contribution in [2.45, 2.75) is 19.6 Å². The van der Waals surface area contributed by atoms with Crippen molar-refractivity contribution in [2.75, 3.05) is 44.3 Å². The molecule has 0 bridgehead atoms. The second-order valence-corrected chi connectivity index (χ2v) is 10.6. The highest BCUT2D eigenvalue weighted by Crippen LogP contribution is 2.64. The summed E-state index contributed by atoms with van der Waals surface area (Å²) in [7, 11) is -3.59. The molecule has 1 unspecified atom stereocenters. The van der Waals surface area contributed by atoms with Gasteiger partial charge in [0.25, 0.3) is 0 Å². The zero-order valence-corrected chi connectivity index (χ0v) is 22.3. The number of aromatic hydroxyl groups is 1. The van der Waals surface area contributed by atoms with E-state index in [1.54, 1.807) is 32.2 Å². The van der Waals surface area contributed by atoms with Gasteiger partial charge in [-0.15, -0.1) is 12.4 Å². The van der Waals surface area contributed by atoms with E-state index in [4.69, 9.17) is 9.05 Å². The number of phenols is 1. The van der Waals surface area contributed by atoms with Crippen molar-refractivity contribution in [2.24, 2.45) is 0 Å². The average Bonchev–Trinajstić information content (AvgIpc) is 2.73. The minimum atomic E-state index is -3.59. The number of anilines is 1. The SMILES string of the molecule is CCOP(=O)(OCC)C(c1cc(Br)cc(Br)c1O)N1CCN(c2ccccn2)CC1.Cl. The molecule has 1 atom stereocenters. The molecule has 0 aliphatic carbocycles. The Labute approximate surface area is 206 Å². The normalized spacial score (nSPS) is 16.1. The Morgan fingerprint density at radius 1 is 1.13 bits per heavy atom. The zero-order valence-electron chi connectivity index (χ0n) is 17.4. The van der Waals surface area contributed by atoms with Gasteiger partial charge in [0.15, 0.2) is 0 Å². The maximum absolute atomic E-state index is 13.9. The van der Waals surface area contributed by atoms with Crippen LogP contribution in [-0.4, -0.2) is 54.4 Å². The Kier molecular flexibility index (Phi) is 10.3. The Morgan fingerprint density at radius 3 is 2.32 bits per heavy atom. The predicted octanol–water partition coefficient (Wildman–Crippen LogP) is 5.82. The van der Waals surface area contributed by atoms with Gasteiger partial charge < -0.3 is 19.1 Å². The van der Waals surface area contributed by atoms with Crippen molar-refractivity contribution in [3.8, 4) is 5.75 Å². The second-order valence-electron chi connectivity index (χ2n) is 6.79. The van der Waals surface area contributed by atoms with Crippen molar-refractivity contribution >= 4 is 57.7 Å². The van der Waals surface area contributed by atoms with E-state index >= 15 is 0 Å². The number of benzene rings is 1. The van der Waals surface area contributed by atoms with Crippen LogP contribution in [0.25, 0.3) is 0 Å². The monoisotopic (exact) mass is 597 g/mol. The minimum Gasteiger partial charge on any atom is -0.506 e. The Hall–Kier alpha value is -0.670. The van der Waals surface area contributed by atoms with E-state index in [0.717, 1.165) is 10.3 Å². The molecule has 1 N–H and O–H groups in total. The Bertz CT molecular complexity index is 891. The maximum atomic E-state index is 13.9.